The molecule has 240 valence electrons. The first-order chi connectivity index (χ1) is 20.3. The minimum Gasteiger partial charge on any atom is -0.0965 e. The highest BCUT2D eigenvalue weighted by Gasteiger charge is 2.34. The fourth-order valence-corrected chi connectivity index (χ4v) is 6.85. The molecule has 2 unspecified atom stereocenters. The third-order valence-corrected chi connectivity index (χ3v) is 9.61. The number of nitrogens with zero attached hydrogens (tertiary/aromatic N) is 2. The molecule has 0 aliphatic carbocycles. The molecule has 0 spiro atoms. The van der Waals surface area contributed by atoms with Crippen LogP contribution in [0.15, 0.2) is 9.98 Å². The van der Waals surface area contributed by atoms with E-state index in [-0.39, 0.29) is 0 Å². The Kier molecular flexibility index (Phi) is 28.6. The van der Waals surface area contributed by atoms with Gasteiger partial charge in [-0.05, 0) is 25.2 Å². The summed E-state index contributed by atoms with van der Waals surface area (Å²) in [7, 11) is 0. The van der Waals surface area contributed by atoms with Gasteiger partial charge in [0.25, 0.3) is 0 Å². The Morgan fingerprint density at radius 3 is 0.951 bits per heavy atom. The molecule has 1 heterocycles. The molecule has 2 heteroatoms. The second-order valence-electron chi connectivity index (χ2n) is 13.5. The topological polar surface area (TPSA) is 24.7 Å². The van der Waals surface area contributed by atoms with Gasteiger partial charge in [0.15, 0.2) is 12.4 Å². The zero-order valence-corrected chi connectivity index (χ0v) is 28.6. The maximum Gasteiger partial charge on any atom is 0.244 e. The maximum atomic E-state index is 4.77. The summed E-state index contributed by atoms with van der Waals surface area (Å²) in [6.07, 6.45) is 49.0. The average molecular weight is 572 g/mol. The Balaban J connectivity index is 2.35. The van der Waals surface area contributed by atoms with E-state index in [2.05, 4.69) is 20.8 Å². The molecule has 41 heavy (non-hydrogen) atoms. The predicted molar refractivity (Wildman–Crippen MR) is 187 cm³/mol. The monoisotopic (exact) mass is 572 g/mol. The van der Waals surface area contributed by atoms with Crippen molar-refractivity contribution in [1.82, 2.24) is 0 Å². The van der Waals surface area contributed by atoms with Crippen molar-refractivity contribution in [2.24, 2.45) is 21.8 Å². The molecule has 0 aromatic rings. The lowest BCUT2D eigenvalue weighted by Crippen LogP contribution is -2.20. The van der Waals surface area contributed by atoms with Crippen LogP contribution in [-0.4, -0.2) is 12.4 Å². The second-order valence-corrected chi connectivity index (χ2v) is 13.5. The molecule has 0 N–H and O–H groups in total. The van der Waals surface area contributed by atoms with Gasteiger partial charge in [0.2, 0.25) is 6.17 Å². The molecule has 0 amide bonds. The highest BCUT2D eigenvalue weighted by molar-refractivity contribution is 6.18. The normalized spacial score (nSPS) is 14.4. The standard InChI is InChI=1S/C39H75N2/c1-4-7-10-13-16-18-19-20-21-22-23-25-28-31-34-38(39-40-35-36-41-39)37(32-29-26-15-12-9-6-3)33-30-27-24-17-14-11-8-5-2/h35-38H,4-34H2,1-3H3/q+1. The van der Waals surface area contributed by atoms with Crippen LogP contribution in [0.25, 0.3) is 0 Å². The summed E-state index contributed by atoms with van der Waals surface area (Å²) in [5.41, 5.74) is 0. The number of rotatable bonds is 33. The first-order valence-electron chi connectivity index (χ1n) is 19.3. The van der Waals surface area contributed by atoms with Gasteiger partial charge >= 0.3 is 0 Å². The zero-order chi connectivity index (χ0) is 29.5. The van der Waals surface area contributed by atoms with Crippen LogP contribution in [0.3, 0.4) is 0 Å². The van der Waals surface area contributed by atoms with Crippen molar-refractivity contribution in [3.8, 4) is 0 Å². The van der Waals surface area contributed by atoms with Crippen molar-refractivity contribution in [3.05, 3.63) is 6.17 Å². The maximum absolute atomic E-state index is 4.77. The summed E-state index contributed by atoms with van der Waals surface area (Å²) in [6.45, 7) is 6.94. The summed E-state index contributed by atoms with van der Waals surface area (Å²) in [5, 5.41) is 0. The SMILES string of the molecule is CCCCCCCCCCCCCCCCC([C+]1N=CC=N1)C(CCCCCCCC)CCCCCCCCCC. The molecule has 2 nitrogen and oxygen atoms in total. The molecular weight excluding hydrogens is 496 g/mol. The Hall–Kier alpha value is -0.790. The quantitative estimate of drug-likeness (QED) is 0.0553. The van der Waals surface area contributed by atoms with E-state index in [0.29, 0.717) is 5.92 Å². The smallest absolute Gasteiger partial charge is 0.0965 e. The first-order valence-corrected chi connectivity index (χ1v) is 19.3. The van der Waals surface area contributed by atoms with E-state index in [9.17, 15) is 0 Å². The molecule has 1 rings (SSSR count). The van der Waals surface area contributed by atoms with Crippen molar-refractivity contribution >= 4 is 12.4 Å². The Bertz CT molecular complexity index is 556. The molecule has 2 atom stereocenters. The van der Waals surface area contributed by atoms with E-state index >= 15 is 0 Å². The molecule has 0 radical (unpaired) electrons. The van der Waals surface area contributed by atoms with Gasteiger partial charge in [0, 0.05) is 0 Å². The Morgan fingerprint density at radius 1 is 0.366 bits per heavy atom. The van der Waals surface area contributed by atoms with Crippen LogP contribution in [0.5, 0.6) is 0 Å². The van der Waals surface area contributed by atoms with E-state index in [4.69, 9.17) is 9.98 Å². The predicted octanol–water partition coefficient (Wildman–Crippen LogP) is 14.0. The molecule has 0 saturated heterocycles. The van der Waals surface area contributed by atoms with Gasteiger partial charge in [-0.1, -0.05) is 211 Å². The third-order valence-electron chi connectivity index (χ3n) is 9.61. The van der Waals surface area contributed by atoms with Crippen LogP contribution in [-0.2, 0) is 0 Å². The van der Waals surface area contributed by atoms with Crippen LogP contribution >= 0.6 is 0 Å². The Labute approximate surface area is 259 Å². The van der Waals surface area contributed by atoms with Crippen LogP contribution in [0.2, 0.25) is 0 Å². The fraction of sp³-hybridized carbons (Fsp3) is 0.923. The molecule has 1 aliphatic heterocycles. The van der Waals surface area contributed by atoms with Crippen molar-refractivity contribution in [3.63, 3.8) is 0 Å². The molecule has 0 saturated carbocycles. The number of aliphatic imine (C=N–C) groups is 2. The van der Waals surface area contributed by atoms with Crippen LogP contribution in [0.1, 0.15) is 220 Å². The van der Waals surface area contributed by atoms with E-state index < -0.39 is 0 Å². The van der Waals surface area contributed by atoms with E-state index in [0.717, 1.165) is 12.1 Å². The van der Waals surface area contributed by atoms with Gasteiger partial charge in [0.1, 0.15) is 0 Å². The lowest BCUT2D eigenvalue weighted by atomic mass is 9.79. The van der Waals surface area contributed by atoms with Crippen molar-refractivity contribution in [2.45, 2.75) is 220 Å². The lowest BCUT2D eigenvalue weighted by molar-refractivity contribution is 0.263. The molecule has 0 aromatic carbocycles. The van der Waals surface area contributed by atoms with Crippen molar-refractivity contribution in [1.29, 1.82) is 0 Å². The summed E-state index contributed by atoms with van der Waals surface area (Å²) in [6, 6.07) is 0. The summed E-state index contributed by atoms with van der Waals surface area (Å²) in [4.78, 5) is 9.53. The highest BCUT2D eigenvalue weighted by atomic mass is 15.0. The zero-order valence-electron chi connectivity index (χ0n) is 28.6. The number of unbranched alkanes of at least 4 members (excludes halogenated alkanes) is 25. The molecule has 0 fully saturated rings. The van der Waals surface area contributed by atoms with E-state index in [1.807, 2.05) is 12.4 Å². The third kappa shape index (κ3) is 23.4. The summed E-state index contributed by atoms with van der Waals surface area (Å²) < 4.78 is 0. The number of hydrogen-bond acceptors (Lipinski definition) is 2. The van der Waals surface area contributed by atoms with Gasteiger partial charge in [-0.25, -0.2) is 0 Å². The fourth-order valence-electron chi connectivity index (χ4n) is 6.85. The van der Waals surface area contributed by atoms with Crippen LogP contribution in [0, 0.1) is 18.0 Å². The lowest BCUT2D eigenvalue weighted by Gasteiger charge is -2.26. The minimum atomic E-state index is 0.586. The molecular formula is C39H75N2+. The first kappa shape index (κ1) is 38.2. The van der Waals surface area contributed by atoms with Gasteiger partial charge in [-0.3, -0.25) is 0 Å². The van der Waals surface area contributed by atoms with Crippen molar-refractivity contribution < 1.29 is 0 Å². The van der Waals surface area contributed by atoms with Crippen molar-refractivity contribution in [2.75, 3.05) is 0 Å². The van der Waals surface area contributed by atoms with E-state index in [1.165, 1.54) is 199 Å². The van der Waals surface area contributed by atoms with Crippen LogP contribution < -0.4 is 0 Å². The van der Waals surface area contributed by atoms with E-state index in [1.54, 1.807) is 0 Å². The summed E-state index contributed by atoms with van der Waals surface area (Å²) in [5.74, 6) is 1.37. The largest absolute Gasteiger partial charge is 0.244 e. The van der Waals surface area contributed by atoms with Gasteiger partial charge in [-0.15, -0.1) is 0 Å². The van der Waals surface area contributed by atoms with Gasteiger partial charge in [0.05, 0.1) is 5.92 Å². The average Bonchev–Trinajstić information content (AvgIpc) is 3.52. The molecule has 0 aromatic heterocycles. The number of hydrogen-bond donors (Lipinski definition) is 0. The molecule has 0 bridgehead atoms. The van der Waals surface area contributed by atoms with Gasteiger partial charge < -0.3 is 0 Å². The summed E-state index contributed by atoms with van der Waals surface area (Å²) >= 11 is 0. The molecule has 1 aliphatic rings. The highest BCUT2D eigenvalue weighted by Crippen LogP contribution is 2.38. The van der Waals surface area contributed by atoms with Crippen LogP contribution in [0.4, 0.5) is 0 Å². The second kappa shape index (κ2) is 30.7. The minimum absolute atomic E-state index is 0.586. The Morgan fingerprint density at radius 2 is 0.634 bits per heavy atom. The van der Waals surface area contributed by atoms with Gasteiger partial charge in [-0.2, -0.15) is 0 Å².